The number of nitrogens with zero attached hydrogens (tertiary/aromatic N) is 3. The Morgan fingerprint density at radius 3 is 2.84 bits per heavy atom. The molecule has 2 aromatic heterocycles. The summed E-state index contributed by atoms with van der Waals surface area (Å²) in [6, 6.07) is 11.9. The first kappa shape index (κ1) is 20.2. The Labute approximate surface area is 189 Å². The van der Waals surface area contributed by atoms with E-state index in [1.54, 1.807) is 17.2 Å². The Hall–Kier alpha value is -2.68. The van der Waals surface area contributed by atoms with E-state index in [-0.39, 0.29) is 5.91 Å². The molecule has 0 radical (unpaired) electrons. The van der Waals surface area contributed by atoms with Gasteiger partial charge in [0, 0.05) is 24.0 Å². The molecule has 0 N–H and O–H groups in total. The van der Waals surface area contributed by atoms with E-state index in [0.717, 1.165) is 40.9 Å². The van der Waals surface area contributed by atoms with Crippen LogP contribution in [0, 0.1) is 6.92 Å². The van der Waals surface area contributed by atoms with Crippen molar-refractivity contribution >= 4 is 57.0 Å². The second-order valence-electron chi connectivity index (χ2n) is 7.49. The predicted octanol–water partition coefficient (Wildman–Crippen LogP) is 4.37. The number of aryl methyl sites for hydroxylation is 1. The monoisotopic (exact) mass is 451 g/mol. The lowest BCUT2D eigenvalue weighted by molar-refractivity contribution is -0.122. The normalized spacial score (nSPS) is 18.5. The summed E-state index contributed by atoms with van der Waals surface area (Å²) in [5, 5.41) is 1.05. The van der Waals surface area contributed by atoms with E-state index in [4.69, 9.17) is 26.4 Å². The van der Waals surface area contributed by atoms with E-state index < -0.39 is 0 Å². The number of thioether (sulfide) groups is 1. The van der Waals surface area contributed by atoms with Crippen LogP contribution in [0.1, 0.15) is 16.9 Å². The van der Waals surface area contributed by atoms with Gasteiger partial charge in [0.05, 0.1) is 36.4 Å². The van der Waals surface area contributed by atoms with Crippen molar-refractivity contribution in [3.63, 3.8) is 0 Å². The first-order valence-corrected chi connectivity index (χ1v) is 11.3. The molecule has 0 unspecified atom stereocenters. The molecule has 1 amide bonds. The van der Waals surface area contributed by atoms with Crippen molar-refractivity contribution in [2.45, 2.75) is 13.5 Å². The molecule has 1 aromatic carbocycles. The minimum Gasteiger partial charge on any atom is -0.467 e. The highest BCUT2D eigenvalue weighted by atomic mass is 32.2. The number of aromatic nitrogens is 1. The van der Waals surface area contributed by atoms with Crippen LogP contribution < -0.4 is 4.90 Å². The third-order valence-electron chi connectivity index (χ3n) is 5.42. The number of hydrogen-bond acceptors (Lipinski definition) is 7. The molecule has 2 aliphatic rings. The number of thiocarbonyl (C=S) groups is 1. The molecule has 0 aliphatic carbocycles. The number of hydrogen-bond donors (Lipinski definition) is 0. The smallest absolute Gasteiger partial charge is 0.266 e. The lowest BCUT2D eigenvalue weighted by Crippen LogP contribution is -2.37. The third kappa shape index (κ3) is 3.98. The zero-order chi connectivity index (χ0) is 21.4. The van der Waals surface area contributed by atoms with Crippen LogP contribution >= 0.6 is 24.0 Å². The van der Waals surface area contributed by atoms with Gasteiger partial charge >= 0.3 is 0 Å². The Balaban J connectivity index is 1.55. The van der Waals surface area contributed by atoms with Crippen LogP contribution in [-0.2, 0) is 16.1 Å². The SMILES string of the molecule is Cc1cccc2cc(/C=C3\SC(=S)N(Cc4ccco4)C3=O)c(N3CCOCC3)nc12. The summed E-state index contributed by atoms with van der Waals surface area (Å²) in [5.74, 6) is 1.47. The van der Waals surface area contributed by atoms with E-state index >= 15 is 0 Å². The Morgan fingerprint density at radius 2 is 2.06 bits per heavy atom. The summed E-state index contributed by atoms with van der Waals surface area (Å²) in [5.41, 5.74) is 3.02. The first-order valence-electron chi connectivity index (χ1n) is 10.1. The van der Waals surface area contributed by atoms with Crippen molar-refractivity contribution in [2.75, 3.05) is 31.2 Å². The summed E-state index contributed by atoms with van der Waals surface area (Å²) in [6.45, 7) is 5.27. The van der Waals surface area contributed by atoms with Crippen LogP contribution in [0.5, 0.6) is 0 Å². The summed E-state index contributed by atoms with van der Waals surface area (Å²) in [4.78, 5) is 22.5. The number of rotatable bonds is 4. The molecular weight excluding hydrogens is 430 g/mol. The number of pyridine rings is 1. The van der Waals surface area contributed by atoms with E-state index in [9.17, 15) is 4.79 Å². The fourth-order valence-electron chi connectivity index (χ4n) is 3.82. The number of carbonyl (C=O) groups excluding carboxylic acids is 1. The topological polar surface area (TPSA) is 58.8 Å². The van der Waals surface area contributed by atoms with Gasteiger partial charge in [-0.15, -0.1) is 0 Å². The second kappa shape index (κ2) is 8.45. The summed E-state index contributed by atoms with van der Waals surface area (Å²) in [6.07, 6.45) is 3.52. The van der Waals surface area contributed by atoms with Gasteiger partial charge in [-0.1, -0.05) is 42.2 Å². The Kier molecular flexibility index (Phi) is 5.52. The molecule has 158 valence electrons. The van der Waals surface area contributed by atoms with Crippen molar-refractivity contribution in [3.05, 3.63) is 64.5 Å². The number of morpholine rings is 1. The van der Waals surface area contributed by atoms with Crippen molar-refractivity contribution in [3.8, 4) is 0 Å². The molecule has 2 fully saturated rings. The van der Waals surface area contributed by atoms with Crippen LogP contribution in [-0.4, -0.2) is 46.4 Å². The average Bonchev–Trinajstić information content (AvgIpc) is 3.38. The van der Waals surface area contributed by atoms with Crippen molar-refractivity contribution in [1.29, 1.82) is 0 Å². The largest absolute Gasteiger partial charge is 0.467 e. The van der Waals surface area contributed by atoms with E-state index in [0.29, 0.717) is 34.7 Å². The zero-order valence-corrected chi connectivity index (χ0v) is 18.7. The lowest BCUT2D eigenvalue weighted by atomic mass is 10.1. The standard InChI is InChI=1S/C23H21N3O3S2/c1-15-4-2-5-16-12-17(21(24-20(15)16)25-7-10-28-11-8-25)13-19-22(27)26(23(30)31-19)14-18-6-3-9-29-18/h2-6,9,12-13H,7-8,10-11,14H2,1H3/b19-13-. The molecule has 6 nitrogen and oxygen atoms in total. The van der Waals surface area contributed by atoms with Crippen molar-refractivity contribution in [1.82, 2.24) is 9.88 Å². The van der Waals surface area contributed by atoms with Gasteiger partial charge in [-0.2, -0.15) is 0 Å². The molecule has 0 saturated carbocycles. The maximum absolute atomic E-state index is 13.1. The fraction of sp³-hybridized carbons (Fsp3) is 0.261. The highest BCUT2D eigenvalue weighted by Crippen LogP contribution is 2.36. The van der Waals surface area contributed by atoms with Crippen LogP contribution in [0.4, 0.5) is 5.82 Å². The minimum absolute atomic E-state index is 0.108. The maximum atomic E-state index is 13.1. The van der Waals surface area contributed by atoms with Crippen LogP contribution in [0.15, 0.2) is 52.0 Å². The number of ether oxygens (including phenoxy) is 1. The molecule has 31 heavy (non-hydrogen) atoms. The van der Waals surface area contributed by atoms with Crippen molar-refractivity contribution < 1.29 is 13.9 Å². The molecule has 0 atom stereocenters. The summed E-state index contributed by atoms with van der Waals surface area (Å²) >= 11 is 6.80. The quantitative estimate of drug-likeness (QED) is 0.431. The Morgan fingerprint density at radius 1 is 1.23 bits per heavy atom. The molecule has 4 heterocycles. The van der Waals surface area contributed by atoms with E-state index in [2.05, 4.69) is 30.0 Å². The molecule has 2 aliphatic heterocycles. The van der Waals surface area contributed by atoms with E-state index in [1.165, 1.54) is 11.8 Å². The Bertz CT molecular complexity index is 1180. The molecular formula is C23H21N3O3S2. The number of anilines is 1. The van der Waals surface area contributed by atoms with Gasteiger partial charge in [0.15, 0.2) is 0 Å². The average molecular weight is 452 g/mol. The lowest BCUT2D eigenvalue weighted by Gasteiger charge is -2.29. The molecule has 0 spiro atoms. The van der Waals surface area contributed by atoms with Crippen molar-refractivity contribution in [2.24, 2.45) is 0 Å². The number of para-hydroxylation sites is 1. The molecule has 5 rings (SSSR count). The van der Waals surface area contributed by atoms with Gasteiger partial charge in [0.1, 0.15) is 15.9 Å². The minimum atomic E-state index is -0.108. The first-order chi connectivity index (χ1) is 15.1. The number of benzene rings is 1. The highest BCUT2D eigenvalue weighted by molar-refractivity contribution is 8.26. The van der Waals surface area contributed by atoms with Gasteiger partial charge in [0.25, 0.3) is 5.91 Å². The van der Waals surface area contributed by atoms with E-state index in [1.807, 2.05) is 18.2 Å². The number of carbonyl (C=O) groups is 1. The van der Waals surface area contributed by atoms with Gasteiger partial charge in [0.2, 0.25) is 0 Å². The maximum Gasteiger partial charge on any atom is 0.266 e. The number of amides is 1. The third-order valence-corrected chi connectivity index (χ3v) is 6.80. The second-order valence-corrected chi connectivity index (χ2v) is 9.17. The highest BCUT2D eigenvalue weighted by Gasteiger charge is 2.33. The van der Waals surface area contributed by atoms with Gasteiger partial charge in [-0.25, -0.2) is 4.98 Å². The fourth-order valence-corrected chi connectivity index (χ4v) is 5.07. The number of furan rings is 1. The number of fused-ring (bicyclic) bond motifs is 1. The van der Waals surface area contributed by atoms with Crippen LogP contribution in [0.25, 0.3) is 17.0 Å². The van der Waals surface area contributed by atoms with Crippen LogP contribution in [0.2, 0.25) is 0 Å². The van der Waals surface area contributed by atoms with Crippen LogP contribution in [0.3, 0.4) is 0 Å². The summed E-state index contributed by atoms with van der Waals surface area (Å²) in [7, 11) is 0. The van der Waals surface area contributed by atoms with Gasteiger partial charge in [-0.05, 0) is 36.8 Å². The summed E-state index contributed by atoms with van der Waals surface area (Å²) < 4.78 is 11.5. The molecule has 8 heteroatoms. The molecule has 0 bridgehead atoms. The molecule has 2 saturated heterocycles. The zero-order valence-electron chi connectivity index (χ0n) is 17.0. The predicted molar refractivity (Wildman–Crippen MR) is 127 cm³/mol. The van der Waals surface area contributed by atoms with Gasteiger partial charge < -0.3 is 14.1 Å². The molecule has 3 aromatic rings. The van der Waals surface area contributed by atoms with Gasteiger partial charge in [-0.3, -0.25) is 9.69 Å².